The highest BCUT2D eigenvalue weighted by Crippen LogP contribution is 2.48. The molecule has 2 saturated carbocycles. The second kappa shape index (κ2) is 4.30. The molecule has 0 aromatic carbocycles. The number of fused-ring (bicyclic) bond motifs is 2. The summed E-state index contributed by atoms with van der Waals surface area (Å²) in [5.74, 6) is 2.98. The summed E-state index contributed by atoms with van der Waals surface area (Å²) in [6, 6.07) is 0. The molecular formula is C12H17BrN2S. The minimum atomic E-state index is 0.923. The van der Waals surface area contributed by atoms with E-state index in [0.717, 1.165) is 27.5 Å². The van der Waals surface area contributed by atoms with Gasteiger partial charge in [0.1, 0.15) is 4.60 Å². The summed E-state index contributed by atoms with van der Waals surface area (Å²) >= 11 is 5.15. The molecule has 3 atom stereocenters. The molecule has 1 aromatic rings. The van der Waals surface area contributed by atoms with Crippen molar-refractivity contribution in [2.75, 3.05) is 18.5 Å². The van der Waals surface area contributed by atoms with Crippen molar-refractivity contribution in [1.82, 2.24) is 4.98 Å². The van der Waals surface area contributed by atoms with Crippen molar-refractivity contribution in [1.29, 1.82) is 0 Å². The van der Waals surface area contributed by atoms with Gasteiger partial charge in [-0.15, -0.1) is 11.3 Å². The SMILES string of the molecule is CN(CC1CC2CCC1C2)c1nc(Br)cs1. The monoisotopic (exact) mass is 300 g/mol. The van der Waals surface area contributed by atoms with Gasteiger partial charge in [-0.2, -0.15) is 0 Å². The van der Waals surface area contributed by atoms with E-state index in [4.69, 9.17) is 0 Å². The highest BCUT2D eigenvalue weighted by atomic mass is 79.9. The van der Waals surface area contributed by atoms with E-state index in [2.05, 4.69) is 38.2 Å². The van der Waals surface area contributed by atoms with E-state index in [-0.39, 0.29) is 0 Å². The molecule has 3 rings (SSSR count). The number of nitrogens with zero attached hydrogens (tertiary/aromatic N) is 2. The molecule has 88 valence electrons. The molecule has 1 heterocycles. The van der Waals surface area contributed by atoms with E-state index in [0.29, 0.717) is 0 Å². The molecular weight excluding hydrogens is 284 g/mol. The van der Waals surface area contributed by atoms with Gasteiger partial charge in [-0.05, 0) is 52.9 Å². The summed E-state index contributed by atoms with van der Waals surface area (Å²) in [6.45, 7) is 1.20. The summed E-state index contributed by atoms with van der Waals surface area (Å²) in [7, 11) is 2.18. The van der Waals surface area contributed by atoms with E-state index in [9.17, 15) is 0 Å². The molecule has 4 heteroatoms. The van der Waals surface area contributed by atoms with Crippen LogP contribution in [0.3, 0.4) is 0 Å². The third kappa shape index (κ3) is 2.02. The molecule has 0 spiro atoms. The minimum Gasteiger partial charge on any atom is -0.351 e. The van der Waals surface area contributed by atoms with E-state index < -0.39 is 0 Å². The van der Waals surface area contributed by atoms with Crippen LogP contribution in [0.4, 0.5) is 5.13 Å². The Bertz CT molecular complexity index is 379. The highest BCUT2D eigenvalue weighted by molar-refractivity contribution is 9.10. The number of hydrogen-bond acceptors (Lipinski definition) is 3. The van der Waals surface area contributed by atoms with Gasteiger partial charge in [0.05, 0.1) is 0 Å². The normalized spacial score (nSPS) is 32.2. The fourth-order valence-electron chi connectivity index (χ4n) is 3.45. The van der Waals surface area contributed by atoms with Crippen molar-refractivity contribution in [3.05, 3.63) is 9.98 Å². The van der Waals surface area contributed by atoms with Crippen LogP contribution in [-0.2, 0) is 0 Å². The van der Waals surface area contributed by atoms with E-state index in [1.807, 2.05) is 0 Å². The summed E-state index contributed by atoms with van der Waals surface area (Å²) in [5.41, 5.74) is 0. The van der Waals surface area contributed by atoms with Crippen LogP contribution in [0.2, 0.25) is 0 Å². The molecule has 2 bridgehead atoms. The Labute approximate surface area is 109 Å². The first-order valence-electron chi connectivity index (χ1n) is 6.04. The molecule has 0 aliphatic heterocycles. The third-order valence-electron chi connectivity index (χ3n) is 4.18. The zero-order valence-corrected chi connectivity index (χ0v) is 11.9. The number of rotatable bonds is 3. The van der Waals surface area contributed by atoms with E-state index >= 15 is 0 Å². The maximum Gasteiger partial charge on any atom is 0.186 e. The lowest BCUT2D eigenvalue weighted by Gasteiger charge is -2.26. The average Bonchev–Trinajstić information content (AvgIpc) is 2.92. The van der Waals surface area contributed by atoms with Crippen molar-refractivity contribution in [3.8, 4) is 0 Å². The molecule has 2 fully saturated rings. The Morgan fingerprint density at radius 3 is 2.94 bits per heavy atom. The van der Waals surface area contributed by atoms with Gasteiger partial charge in [0.25, 0.3) is 0 Å². The van der Waals surface area contributed by atoms with Crippen LogP contribution in [0, 0.1) is 17.8 Å². The molecule has 0 saturated heterocycles. The number of anilines is 1. The van der Waals surface area contributed by atoms with Gasteiger partial charge in [-0.25, -0.2) is 4.98 Å². The van der Waals surface area contributed by atoms with Gasteiger partial charge < -0.3 is 4.90 Å². The fourth-order valence-corrected chi connectivity index (χ4v) is 4.68. The maximum absolute atomic E-state index is 4.48. The summed E-state index contributed by atoms with van der Waals surface area (Å²) in [4.78, 5) is 6.81. The molecule has 2 nitrogen and oxygen atoms in total. The quantitative estimate of drug-likeness (QED) is 0.844. The molecule has 0 radical (unpaired) electrons. The van der Waals surface area contributed by atoms with Crippen molar-refractivity contribution in [3.63, 3.8) is 0 Å². The Morgan fingerprint density at radius 2 is 2.38 bits per heavy atom. The Kier molecular flexibility index (Phi) is 2.96. The molecule has 0 N–H and O–H groups in total. The molecule has 3 unspecified atom stereocenters. The van der Waals surface area contributed by atoms with Crippen LogP contribution in [0.15, 0.2) is 9.98 Å². The number of thiazole rings is 1. The molecule has 2 aliphatic carbocycles. The number of hydrogen-bond donors (Lipinski definition) is 0. The molecule has 2 aliphatic rings. The molecule has 1 aromatic heterocycles. The number of aromatic nitrogens is 1. The first-order valence-corrected chi connectivity index (χ1v) is 7.72. The first kappa shape index (κ1) is 11.0. The van der Waals surface area contributed by atoms with Crippen LogP contribution in [0.25, 0.3) is 0 Å². The van der Waals surface area contributed by atoms with Crippen molar-refractivity contribution in [2.24, 2.45) is 17.8 Å². The lowest BCUT2D eigenvalue weighted by molar-refractivity contribution is 0.337. The summed E-state index contributed by atoms with van der Waals surface area (Å²) in [6.07, 6.45) is 5.93. The van der Waals surface area contributed by atoms with Crippen LogP contribution in [0.1, 0.15) is 25.7 Å². The zero-order chi connectivity index (χ0) is 11.1. The van der Waals surface area contributed by atoms with Gasteiger partial charge in [0, 0.05) is 19.0 Å². The summed E-state index contributed by atoms with van der Waals surface area (Å²) in [5, 5.41) is 3.21. The largest absolute Gasteiger partial charge is 0.351 e. The Balaban J connectivity index is 1.62. The van der Waals surface area contributed by atoms with E-state index in [1.54, 1.807) is 11.3 Å². The predicted octanol–water partition coefficient (Wildman–Crippen LogP) is 3.78. The van der Waals surface area contributed by atoms with Crippen molar-refractivity contribution in [2.45, 2.75) is 25.7 Å². The van der Waals surface area contributed by atoms with Crippen molar-refractivity contribution >= 4 is 32.4 Å². The summed E-state index contributed by atoms with van der Waals surface area (Å²) < 4.78 is 0.965. The lowest BCUT2D eigenvalue weighted by atomic mass is 9.88. The van der Waals surface area contributed by atoms with Gasteiger partial charge in [0.15, 0.2) is 5.13 Å². The fraction of sp³-hybridized carbons (Fsp3) is 0.750. The zero-order valence-electron chi connectivity index (χ0n) is 9.53. The molecule has 16 heavy (non-hydrogen) atoms. The second-order valence-electron chi connectivity index (χ2n) is 5.27. The highest BCUT2D eigenvalue weighted by Gasteiger charge is 2.39. The van der Waals surface area contributed by atoms with Crippen LogP contribution in [0.5, 0.6) is 0 Å². The van der Waals surface area contributed by atoms with Gasteiger partial charge in [-0.1, -0.05) is 6.42 Å². The molecule has 0 amide bonds. The predicted molar refractivity (Wildman–Crippen MR) is 72.0 cm³/mol. The van der Waals surface area contributed by atoms with Gasteiger partial charge in [0.2, 0.25) is 0 Å². The maximum atomic E-state index is 4.48. The van der Waals surface area contributed by atoms with Gasteiger partial charge in [-0.3, -0.25) is 0 Å². The van der Waals surface area contributed by atoms with Crippen LogP contribution >= 0.6 is 27.3 Å². The minimum absolute atomic E-state index is 0.923. The average molecular weight is 301 g/mol. The third-order valence-corrected chi connectivity index (χ3v) is 5.85. The standard InChI is InChI=1S/C12H17BrN2S/c1-15(12-14-11(13)7-16-12)6-10-5-8-2-3-9(10)4-8/h7-10H,2-6H2,1H3. The number of halogens is 1. The van der Waals surface area contributed by atoms with Crippen LogP contribution in [-0.4, -0.2) is 18.6 Å². The van der Waals surface area contributed by atoms with Gasteiger partial charge >= 0.3 is 0 Å². The Morgan fingerprint density at radius 1 is 1.50 bits per heavy atom. The van der Waals surface area contributed by atoms with Crippen LogP contribution < -0.4 is 4.90 Å². The Hall–Kier alpha value is -0.0900. The topological polar surface area (TPSA) is 16.1 Å². The lowest BCUT2D eigenvalue weighted by Crippen LogP contribution is -2.28. The van der Waals surface area contributed by atoms with Crippen molar-refractivity contribution < 1.29 is 0 Å². The smallest absolute Gasteiger partial charge is 0.186 e. The van der Waals surface area contributed by atoms with E-state index in [1.165, 1.54) is 32.2 Å². The first-order chi connectivity index (χ1) is 7.72. The second-order valence-corrected chi connectivity index (χ2v) is 6.92.